The summed E-state index contributed by atoms with van der Waals surface area (Å²) in [4.78, 5) is 32.7. The van der Waals surface area contributed by atoms with E-state index >= 15 is 0 Å². The van der Waals surface area contributed by atoms with Crippen molar-refractivity contribution >= 4 is 33.6 Å². The molecule has 200 valence electrons. The Hall–Kier alpha value is -4.36. The minimum Gasteiger partial charge on any atom is -0.486 e. The monoisotopic (exact) mass is 527 g/mol. The molecule has 10 heteroatoms. The van der Waals surface area contributed by atoms with E-state index < -0.39 is 11.5 Å². The van der Waals surface area contributed by atoms with E-state index in [1.54, 1.807) is 19.2 Å². The molecule has 2 aromatic carbocycles. The van der Waals surface area contributed by atoms with Gasteiger partial charge in [-0.3, -0.25) is 9.59 Å². The molecule has 2 aromatic heterocycles. The molecule has 2 aliphatic heterocycles. The summed E-state index contributed by atoms with van der Waals surface area (Å²) in [6, 6.07) is 11.5. The number of carbonyl (C=O) groups is 1. The summed E-state index contributed by atoms with van der Waals surface area (Å²) in [7, 11) is 1.59. The molecule has 0 aliphatic carbocycles. The fourth-order valence-corrected chi connectivity index (χ4v) is 5.65. The lowest BCUT2D eigenvalue weighted by atomic mass is 9.94. The fourth-order valence-electron chi connectivity index (χ4n) is 5.65. The highest BCUT2D eigenvalue weighted by atomic mass is 16.5. The fraction of sp³-hybridized carbons (Fsp3) is 0.379. The summed E-state index contributed by atoms with van der Waals surface area (Å²) in [5.74, 6) is 0.389. The van der Waals surface area contributed by atoms with Gasteiger partial charge in [-0.2, -0.15) is 5.26 Å². The van der Waals surface area contributed by atoms with Crippen molar-refractivity contribution in [2.45, 2.75) is 38.2 Å². The van der Waals surface area contributed by atoms with Crippen LogP contribution < -0.4 is 20.9 Å². The van der Waals surface area contributed by atoms with E-state index in [9.17, 15) is 14.9 Å². The Bertz CT molecular complexity index is 1700. The summed E-state index contributed by atoms with van der Waals surface area (Å²) in [6.07, 6.45) is 2.00. The number of hydrogen-bond acceptors (Lipinski definition) is 8. The van der Waals surface area contributed by atoms with Crippen molar-refractivity contribution in [1.29, 1.82) is 5.26 Å². The Morgan fingerprint density at radius 3 is 2.69 bits per heavy atom. The van der Waals surface area contributed by atoms with E-state index in [0.717, 1.165) is 23.1 Å². The number of nitriles is 1. The van der Waals surface area contributed by atoms with Crippen LogP contribution in [0.3, 0.4) is 0 Å². The molecule has 4 heterocycles. The van der Waals surface area contributed by atoms with E-state index in [1.165, 1.54) is 4.57 Å². The first-order chi connectivity index (χ1) is 18.8. The average molecular weight is 528 g/mol. The number of nitrogens with two attached hydrogens (primary N) is 1. The first-order valence-electron chi connectivity index (χ1n) is 13.1. The molecule has 1 amide bonds. The number of primary amides is 1. The normalized spacial score (nSPS) is 18.1. The summed E-state index contributed by atoms with van der Waals surface area (Å²) in [6.45, 7) is 4.19. The Labute approximate surface area is 224 Å². The third-order valence-electron chi connectivity index (χ3n) is 7.74. The maximum absolute atomic E-state index is 13.4. The van der Waals surface area contributed by atoms with Crippen molar-refractivity contribution in [3.63, 3.8) is 0 Å². The highest BCUT2D eigenvalue weighted by molar-refractivity contribution is 6.07. The molecule has 39 heavy (non-hydrogen) atoms. The Morgan fingerprint density at radius 1 is 1.21 bits per heavy atom. The van der Waals surface area contributed by atoms with Crippen LogP contribution in [-0.2, 0) is 11.8 Å². The minimum atomic E-state index is -0.800. The molecule has 1 atom stereocenters. The number of ether oxygens (including phenoxy) is 2. The largest absolute Gasteiger partial charge is 0.486 e. The number of fused-ring (bicyclic) bond motifs is 2. The molecule has 4 aromatic rings. The van der Waals surface area contributed by atoms with Gasteiger partial charge in [0.05, 0.1) is 30.0 Å². The molecule has 0 radical (unpaired) electrons. The maximum Gasteiger partial charge on any atom is 0.265 e. The minimum absolute atomic E-state index is 0.0810. The van der Waals surface area contributed by atoms with Gasteiger partial charge in [0, 0.05) is 43.9 Å². The van der Waals surface area contributed by atoms with Gasteiger partial charge in [0.2, 0.25) is 0 Å². The van der Waals surface area contributed by atoms with E-state index in [0.29, 0.717) is 72.9 Å². The van der Waals surface area contributed by atoms with Crippen LogP contribution in [0.15, 0.2) is 39.5 Å². The maximum atomic E-state index is 13.4. The molecule has 10 nitrogen and oxygen atoms in total. The lowest BCUT2D eigenvalue weighted by Gasteiger charge is -2.34. The van der Waals surface area contributed by atoms with Crippen molar-refractivity contribution in [3.8, 4) is 11.8 Å². The SMILES string of the molecule is Cc1ccc2oc(C3CCN(c4c(C(N)=O)c(=O)n(C)c5cc(O[C@H]6CCOC6)c(C#N)cc45)CC3)nc2c1. The first kappa shape index (κ1) is 24.9. The quantitative estimate of drug-likeness (QED) is 0.416. The summed E-state index contributed by atoms with van der Waals surface area (Å²) in [5, 5.41) is 10.5. The third-order valence-corrected chi connectivity index (χ3v) is 7.74. The van der Waals surface area contributed by atoms with Crippen molar-refractivity contribution in [1.82, 2.24) is 9.55 Å². The first-order valence-corrected chi connectivity index (χ1v) is 13.1. The van der Waals surface area contributed by atoms with Gasteiger partial charge in [-0.1, -0.05) is 6.07 Å². The number of hydrogen-bond donors (Lipinski definition) is 1. The Kier molecular flexibility index (Phi) is 6.23. The van der Waals surface area contributed by atoms with Crippen LogP contribution in [0.4, 0.5) is 5.69 Å². The lowest BCUT2D eigenvalue weighted by molar-refractivity contribution is 0.0999. The summed E-state index contributed by atoms with van der Waals surface area (Å²) >= 11 is 0. The molecule has 6 rings (SSSR count). The van der Waals surface area contributed by atoms with Gasteiger partial charge in [-0.25, -0.2) is 4.98 Å². The van der Waals surface area contributed by atoms with Gasteiger partial charge in [-0.05, 0) is 43.5 Å². The molecule has 0 spiro atoms. The second-order valence-electron chi connectivity index (χ2n) is 10.3. The van der Waals surface area contributed by atoms with Gasteiger partial charge < -0.3 is 29.1 Å². The third kappa shape index (κ3) is 4.38. The zero-order valence-corrected chi connectivity index (χ0v) is 21.9. The van der Waals surface area contributed by atoms with Crippen LogP contribution in [0.25, 0.3) is 22.0 Å². The molecule has 2 saturated heterocycles. The van der Waals surface area contributed by atoms with E-state index in [2.05, 4.69) is 6.07 Å². The second kappa shape index (κ2) is 9.75. The topological polar surface area (TPSA) is 137 Å². The van der Waals surface area contributed by atoms with Crippen LogP contribution in [-0.4, -0.2) is 47.9 Å². The number of aryl methyl sites for hydroxylation is 2. The van der Waals surface area contributed by atoms with Gasteiger partial charge in [0.25, 0.3) is 11.5 Å². The number of nitrogens with zero attached hydrogens (tertiary/aromatic N) is 4. The number of oxazole rings is 1. The molecule has 2 N–H and O–H groups in total. The molecular formula is C29H29N5O5. The smallest absolute Gasteiger partial charge is 0.265 e. The van der Waals surface area contributed by atoms with Gasteiger partial charge in [0.1, 0.15) is 29.0 Å². The number of anilines is 1. The standard InChI is InChI=1S/C29H29N5O5/c1-16-3-4-23-21(11-16)32-28(39-23)17-5-8-34(9-6-17)26-20-12-18(14-30)24(38-19-7-10-37-15-19)13-22(20)33(2)29(36)25(26)27(31)35/h3-4,11-13,17,19H,5-10,15H2,1-2H3,(H2,31,35)/t19-/m0/s1. The number of amides is 1. The van der Waals surface area contributed by atoms with Crippen LogP contribution >= 0.6 is 0 Å². The van der Waals surface area contributed by atoms with Crippen LogP contribution in [0.2, 0.25) is 0 Å². The molecule has 0 unspecified atom stereocenters. The van der Waals surface area contributed by atoms with Gasteiger partial charge >= 0.3 is 0 Å². The average Bonchev–Trinajstić information content (AvgIpc) is 3.60. The van der Waals surface area contributed by atoms with Gasteiger partial charge in [-0.15, -0.1) is 0 Å². The molecule has 2 aliphatic rings. The number of benzene rings is 2. The lowest BCUT2D eigenvalue weighted by Crippen LogP contribution is -2.38. The van der Waals surface area contributed by atoms with Crippen molar-refractivity contribution in [2.24, 2.45) is 12.8 Å². The molecule has 0 saturated carbocycles. The molecule has 0 bridgehead atoms. The highest BCUT2D eigenvalue weighted by Crippen LogP contribution is 2.38. The number of pyridine rings is 1. The zero-order chi connectivity index (χ0) is 27.3. The summed E-state index contributed by atoms with van der Waals surface area (Å²) < 4.78 is 18.9. The van der Waals surface area contributed by atoms with E-state index in [1.807, 2.05) is 30.0 Å². The van der Waals surface area contributed by atoms with Crippen molar-refractivity contribution in [2.75, 3.05) is 31.2 Å². The number of aromatic nitrogens is 2. The number of rotatable bonds is 5. The van der Waals surface area contributed by atoms with Crippen LogP contribution in [0.5, 0.6) is 5.75 Å². The zero-order valence-electron chi connectivity index (χ0n) is 21.9. The molecule has 2 fully saturated rings. The van der Waals surface area contributed by atoms with E-state index in [-0.39, 0.29) is 17.6 Å². The van der Waals surface area contributed by atoms with Crippen molar-refractivity contribution in [3.05, 3.63) is 63.3 Å². The van der Waals surface area contributed by atoms with E-state index in [4.69, 9.17) is 24.6 Å². The van der Waals surface area contributed by atoms with Crippen molar-refractivity contribution < 1.29 is 18.7 Å². The second-order valence-corrected chi connectivity index (χ2v) is 10.3. The Balaban J connectivity index is 1.38. The summed E-state index contributed by atoms with van der Waals surface area (Å²) in [5.41, 5.74) is 9.25. The van der Waals surface area contributed by atoms with Gasteiger partial charge in [0.15, 0.2) is 11.5 Å². The number of piperidine rings is 1. The highest BCUT2D eigenvalue weighted by Gasteiger charge is 2.31. The molecular weight excluding hydrogens is 498 g/mol. The number of carbonyl (C=O) groups excluding carboxylic acids is 1. The predicted octanol–water partition coefficient (Wildman–Crippen LogP) is 3.51. The Morgan fingerprint density at radius 2 is 2.00 bits per heavy atom. The van der Waals surface area contributed by atoms with Crippen LogP contribution in [0, 0.1) is 18.3 Å². The predicted molar refractivity (Wildman–Crippen MR) is 145 cm³/mol. The van der Waals surface area contributed by atoms with Crippen LogP contribution in [0.1, 0.15) is 52.6 Å².